The molecule has 1 atom stereocenters. The minimum Gasteiger partial charge on any atom is -0.369 e. The van der Waals surface area contributed by atoms with E-state index in [0.29, 0.717) is 15.7 Å². The molecule has 1 unspecified atom stereocenters. The Kier molecular flexibility index (Phi) is 4.62. The highest BCUT2D eigenvalue weighted by Crippen LogP contribution is 2.43. The first-order valence-corrected chi connectivity index (χ1v) is 11.2. The van der Waals surface area contributed by atoms with Crippen LogP contribution in [0.1, 0.15) is 25.3 Å². The molecular weight excluding hydrogens is 378 g/mol. The van der Waals surface area contributed by atoms with E-state index < -0.39 is 9.84 Å². The van der Waals surface area contributed by atoms with Gasteiger partial charge in [-0.05, 0) is 49.1 Å². The molecule has 1 saturated heterocycles. The molecule has 0 saturated carbocycles. The third-order valence-electron chi connectivity index (χ3n) is 4.90. The Hall–Kier alpha value is -2.43. The first-order chi connectivity index (χ1) is 13.0. The second-order valence-corrected chi connectivity index (χ2v) is 10.1. The zero-order valence-electron chi connectivity index (χ0n) is 14.9. The van der Waals surface area contributed by atoms with Crippen LogP contribution in [0.5, 0.6) is 0 Å². The van der Waals surface area contributed by atoms with Gasteiger partial charge in [0.2, 0.25) is 9.84 Å². The molecule has 27 heavy (non-hydrogen) atoms. The number of fused-ring (bicyclic) bond motifs is 1. The summed E-state index contributed by atoms with van der Waals surface area (Å²) in [7, 11) is -3.75. The minimum atomic E-state index is -3.75. The van der Waals surface area contributed by atoms with Crippen LogP contribution < -0.4 is 4.90 Å². The maximum Gasteiger partial charge on any atom is 0.218 e. The molecule has 7 heteroatoms. The third kappa shape index (κ3) is 3.20. The highest BCUT2D eigenvalue weighted by molar-refractivity contribution is 7.93. The van der Waals surface area contributed by atoms with Gasteiger partial charge in [-0.15, -0.1) is 11.3 Å². The molecule has 3 aromatic rings. The molecule has 0 radical (unpaired) electrons. The van der Waals surface area contributed by atoms with Crippen molar-refractivity contribution >= 4 is 37.1 Å². The molecule has 3 heterocycles. The van der Waals surface area contributed by atoms with Crippen molar-refractivity contribution < 1.29 is 8.42 Å². The first-order valence-electron chi connectivity index (χ1n) is 8.88. The smallest absolute Gasteiger partial charge is 0.218 e. The number of thiophene rings is 1. The summed E-state index contributed by atoms with van der Waals surface area (Å²) in [6.45, 7) is 3.87. The summed E-state index contributed by atoms with van der Waals surface area (Å²) in [6.07, 6.45) is 3.89. The number of aromatic nitrogens is 1. The summed E-state index contributed by atoms with van der Waals surface area (Å²) in [5.74, 6) is 0.517. The normalized spacial score (nSPS) is 17.8. The Morgan fingerprint density at radius 2 is 2.15 bits per heavy atom. The van der Waals surface area contributed by atoms with E-state index >= 15 is 0 Å². The Balaban J connectivity index is 1.93. The van der Waals surface area contributed by atoms with Gasteiger partial charge in [-0.1, -0.05) is 13.0 Å². The van der Waals surface area contributed by atoms with Gasteiger partial charge in [-0.3, -0.25) is 0 Å². The lowest BCUT2D eigenvalue weighted by Gasteiger charge is -2.33. The number of pyridine rings is 1. The number of piperidine rings is 1. The molecule has 0 aliphatic carbocycles. The van der Waals surface area contributed by atoms with E-state index in [0.717, 1.165) is 41.8 Å². The standard InChI is InChI=1S/C20H19N3O2S2/c1-14-5-4-10-23(13-14)18-17-8-3-9-22-19(17)26-20(18)27(24,25)16-7-2-6-15(11-16)12-21/h2-3,6-9,11,14H,4-5,10,13H2,1H3. The van der Waals surface area contributed by atoms with E-state index in [1.54, 1.807) is 24.4 Å². The molecule has 5 nitrogen and oxygen atoms in total. The van der Waals surface area contributed by atoms with Gasteiger partial charge >= 0.3 is 0 Å². The van der Waals surface area contributed by atoms with Crippen LogP contribution in [0, 0.1) is 17.2 Å². The fourth-order valence-electron chi connectivity index (χ4n) is 3.61. The Bertz CT molecular complexity index is 1150. The number of benzene rings is 1. The Morgan fingerprint density at radius 3 is 2.93 bits per heavy atom. The summed E-state index contributed by atoms with van der Waals surface area (Å²) in [6, 6.07) is 12.0. The maximum absolute atomic E-state index is 13.5. The van der Waals surface area contributed by atoms with Crippen molar-refractivity contribution in [2.24, 2.45) is 5.92 Å². The molecule has 0 bridgehead atoms. The predicted molar refractivity (Wildman–Crippen MR) is 107 cm³/mol. The van der Waals surface area contributed by atoms with Crippen LogP contribution in [0.25, 0.3) is 10.2 Å². The van der Waals surface area contributed by atoms with E-state index in [1.165, 1.54) is 17.4 Å². The van der Waals surface area contributed by atoms with Crippen LogP contribution in [0.2, 0.25) is 0 Å². The molecule has 0 N–H and O–H groups in total. The van der Waals surface area contributed by atoms with Crippen molar-refractivity contribution in [1.82, 2.24) is 4.98 Å². The number of rotatable bonds is 3. The van der Waals surface area contributed by atoms with E-state index in [4.69, 9.17) is 5.26 Å². The van der Waals surface area contributed by atoms with Crippen molar-refractivity contribution in [1.29, 1.82) is 5.26 Å². The maximum atomic E-state index is 13.5. The van der Waals surface area contributed by atoms with E-state index in [9.17, 15) is 8.42 Å². The summed E-state index contributed by atoms with van der Waals surface area (Å²) in [4.78, 5) is 7.46. The number of hydrogen-bond acceptors (Lipinski definition) is 6. The quantitative estimate of drug-likeness (QED) is 0.661. The molecule has 4 rings (SSSR count). The van der Waals surface area contributed by atoms with E-state index in [2.05, 4.69) is 16.8 Å². The fraction of sp³-hybridized carbons (Fsp3) is 0.300. The number of sulfone groups is 1. The van der Waals surface area contributed by atoms with Crippen molar-refractivity contribution in [3.8, 4) is 6.07 Å². The molecule has 1 aliphatic heterocycles. The van der Waals surface area contributed by atoms with Crippen molar-refractivity contribution in [2.75, 3.05) is 18.0 Å². The summed E-state index contributed by atoms with van der Waals surface area (Å²) < 4.78 is 27.2. The van der Waals surface area contributed by atoms with Gasteiger partial charge in [0.25, 0.3) is 0 Å². The van der Waals surface area contributed by atoms with E-state index in [-0.39, 0.29) is 4.90 Å². The topological polar surface area (TPSA) is 74.1 Å². The van der Waals surface area contributed by atoms with Gasteiger partial charge in [-0.25, -0.2) is 13.4 Å². The van der Waals surface area contributed by atoms with Gasteiger partial charge in [0.1, 0.15) is 4.83 Å². The van der Waals surface area contributed by atoms with Crippen molar-refractivity contribution in [2.45, 2.75) is 28.9 Å². The SMILES string of the molecule is CC1CCCN(c2c(S(=O)(=O)c3cccc(C#N)c3)sc3ncccc23)C1. The average Bonchev–Trinajstić information content (AvgIpc) is 3.08. The highest BCUT2D eigenvalue weighted by Gasteiger charge is 2.31. The number of nitrogens with zero attached hydrogens (tertiary/aromatic N) is 3. The minimum absolute atomic E-state index is 0.152. The van der Waals surface area contributed by atoms with Crippen LogP contribution in [0.15, 0.2) is 51.7 Å². The van der Waals surface area contributed by atoms with Crippen LogP contribution >= 0.6 is 11.3 Å². The lowest BCUT2D eigenvalue weighted by atomic mass is 10.00. The molecule has 1 aliphatic rings. The lowest BCUT2D eigenvalue weighted by molar-refractivity contribution is 0.446. The largest absolute Gasteiger partial charge is 0.369 e. The third-order valence-corrected chi connectivity index (χ3v) is 8.26. The zero-order valence-corrected chi connectivity index (χ0v) is 16.6. The summed E-state index contributed by atoms with van der Waals surface area (Å²) in [5, 5.41) is 10.0. The second kappa shape index (κ2) is 6.95. The van der Waals surface area contributed by atoms with Crippen molar-refractivity contribution in [3.05, 3.63) is 48.2 Å². The Morgan fingerprint density at radius 1 is 1.30 bits per heavy atom. The molecular formula is C20H19N3O2S2. The molecule has 1 aromatic carbocycles. The van der Waals surface area contributed by atoms with Gasteiger partial charge in [-0.2, -0.15) is 5.26 Å². The number of anilines is 1. The molecule has 138 valence electrons. The van der Waals surface area contributed by atoms with E-state index in [1.807, 2.05) is 18.2 Å². The lowest BCUT2D eigenvalue weighted by Crippen LogP contribution is -2.34. The van der Waals surface area contributed by atoms with Crippen LogP contribution in [0.4, 0.5) is 5.69 Å². The predicted octanol–water partition coefficient (Wildman–Crippen LogP) is 4.24. The van der Waals surface area contributed by atoms with Gasteiger partial charge in [0.15, 0.2) is 4.21 Å². The van der Waals surface area contributed by atoms with Gasteiger partial charge in [0.05, 0.1) is 22.2 Å². The van der Waals surface area contributed by atoms with Crippen molar-refractivity contribution in [3.63, 3.8) is 0 Å². The van der Waals surface area contributed by atoms with Crippen LogP contribution in [0.3, 0.4) is 0 Å². The van der Waals surface area contributed by atoms with Crippen LogP contribution in [-0.2, 0) is 9.84 Å². The summed E-state index contributed by atoms with van der Waals surface area (Å²) in [5.41, 5.74) is 1.10. The zero-order chi connectivity index (χ0) is 19.0. The Labute approximate surface area is 162 Å². The molecule has 2 aromatic heterocycles. The second-order valence-electron chi connectivity index (χ2n) is 6.93. The van der Waals surface area contributed by atoms with Gasteiger partial charge in [0, 0.05) is 24.7 Å². The number of hydrogen-bond donors (Lipinski definition) is 0. The number of nitriles is 1. The average molecular weight is 398 g/mol. The molecule has 0 spiro atoms. The fourth-order valence-corrected chi connectivity index (χ4v) is 6.72. The molecule has 0 amide bonds. The van der Waals surface area contributed by atoms with Crippen LogP contribution in [-0.4, -0.2) is 26.5 Å². The summed E-state index contributed by atoms with van der Waals surface area (Å²) >= 11 is 1.21. The monoisotopic (exact) mass is 397 g/mol. The first kappa shape index (κ1) is 18.0. The highest BCUT2D eigenvalue weighted by atomic mass is 32.2. The van der Waals surface area contributed by atoms with Gasteiger partial charge < -0.3 is 4.90 Å². The molecule has 1 fully saturated rings.